The van der Waals surface area contributed by atoms with E-state index in [1.54, 1.807) is 12.4 Å². The van der Waals surface area contributed by atoms with Crippen molar-refractivity contribution < 1.29 is 4.79 Å². The molecular weight excluding hydrogens is 316 g/mol. The van der Waals surface area contributed by atoms with Crippen molar-refractivity contribution in [1.29, 1.82) is 0 Å². The van der Waals surface area contributed by atoms with Gasteiger partial charge in [0.25, 0.3) is 0 Å². The van der Waals surface area contributed by atoms with Crippen molar-refractivity contribution in [3.05, 3.63) is 60.4 Å². The molecule has 3 aromatic rings. The van der Waals surface area contributed by atoms with Gasteiger partial charge < -0.3 is 15.1 Å². The molecule has 2 aromatic heterocycles. The zero-order valence-electron chi connectivity index (χ0n) is 13.9. The lowest BCUT2D eigenvalue weighted by Gasteiger charge is -2.35. The summed E-state index contributed by atoms with van der Waals surface area (Å²) in [5, 5.41) is 7.32. The highest BCUT2D eigenvalue weighted by Crippen LogP contribution is 2.16. The minimum Gasteiger partial charge on any atom is -0.353 e. The number of benzene rings is 1. The maximum atomic E-state index is 12.4. The molecule has 25 heavy (non-hydrogen) atoms. The lowest BCUT2D eigenvalue weighted by Crippen LogP contribution is -2.52. The third-order valence-electron chi connectivity index (χ3n) is 4.45. The number of carbonyl (C=O) groups excluding carboxylic acids is 1. The molecule has 0 aliphatic carbocycles. The van der Waals surface area contributed by atoms with Gasteiger partial charge >= 0.3 is 6.03 Å². The third-order valence-corrected chi connectivity index (χ3v) is 4.45. The van der Waals surface area contributed by atoms with Crippen LogP contribution < -0.4 is 10.2 Å². The van der Waals surface area contributed by atoms with Crippen LogP contribution in [0.15, 0.2) is 54.9 Å². The Morgan fingerprint density at radius 1 is 1.00 bits per heavy atom. The number of piperazine rings is 1. The Hall–Kier alpha value is -3.09. The maximum Gasteiger partial charge on any atom is 0.317 e. The normalized spacial score (nSPS) is 14.7. The van der Waals surface area contributed by atoms with Gasteiger partial charge in [0.15, 0.2) is 5.65 Å². The number of aromatic nitrogens is 3. The number of urea groups is 1. The van der Waals surface area contributed by atoms with Crippen molar-refractivity contribution in [2.24, 2.45) is 0 Å². The van der Waals surface area contributed by atoms with Crippen molar-refractivity contribution in [1.82, 2.24) is 24.8 Å². The van der Waals surface area contributed by atoms with Gasteiger partial charge in [-0.2, -0.15) is 9.61 Å². The molecule has 0 atom stereocenters. The summed E-state index contributed by atoms with van der Waals surface area (Å²) in [7, 11) is 0. The molecule has 2 amide bonds. The topological polar surface area (TPSA) is 65.8 Å². The maximum absolute atomic E-state index is 12.4. The number of fused-ring (bicyclic) bond motifs is 1. The second-order valence-electron chi connectivity index (χ2n) is 6.02. The molecule has 4 rings (SSSR count). The minimum absolute atomic E-state index is 0.0116. The van der Waals surface area contributed by atoms with E-state index in [1.165, 1.54) is 0 Å². The van der Waals surface area contributed by atoms with Crippen LogP contribution >= 0.6 is 0 Å². The van der Waals surface area contributed by atoms with E-state index in [4.69, 9.17) is 0 Å². The molecule has 1 saturated heterocycles. The monoisotopic (exact) mass is 336 g/mol. The van der Waals surface area contributed by atoms with E-state index in [2.05, 4.69) is 20.3 Å². The van der Waals surface area contributed by atoms with Gasteiger partial charge in [-0.3, -0.25) is 0 Å². The summed E-state index contributed by atoms with van der Waals surface area (Å²) >= 11 is 0. The zero-order valence-corrected chi connectivity index (χ0v) is 13.9. The van der Waals surface area contributed by atoms with Crippen LogP contribution in [0, 0.1) is 0 Å². The van der Waals surface area contributed by atoms with E-state index in [0.717, 1.165) is 30.1 Å². The molecule has 0 spiro atoms. The number of nitrogens with one attached hydrogen (secondary N) is 1. The highest BCUT2D eigenvalue weighted by molar-refractivity contribution is 5.74. The molecule has 3 heterocycles. The van der Waals surface area contributed by atoms with Crippen LogP contribution in [0.3, 0.4) is 0 Å². The van der Waals surface area contributed by atoms with Gasteiger partial charge in [0, 0.05) is 45.0 Å². The van der Waals surface area contributed by atoms with Crippen molar-refractivity contribution in [2.75, 3.05) is 31.1 Å². The van der Waals surface area contributed by atoms with E-state index in [0.29, 0.717) is 19.6 Å². The molecule has 7 nitrogen and oxygen atoms in total. The smallest absolute Gasteiger partial charge is 0.317 e. The summed E-state index contributed by atoms with van der Waals surface area (Å²) in [5.41, 5.74) is 1.94. The predicted molar refractivity (Wildman–Crippen MR) is 95.5 cm³/mol. The molecule has 128 valence electrons. The van der Waals surface area contributed by atoms with Crippen molar-refractivity contribution in [2.45, 2.75) is 6.54 Å². The van der Waals surface area contributed by atoms with Crippen LogP contribution in [0.2, 0.25) is 0 Å². The van der Waals surface area contributed by atoms with E-state index in [-0.39, 0.29) is 6.03 Å². The summed E-state index contributed by atoms with van der Waals surface area (Å²) in [4.78, 5) is 20.7. The Labute approximate surface area is 145 Å². The second kappa shape index (κ2) is 6.80. The highest BCUT2D eigenvalue weighted by Gasteiger charge is 2.22. The first kappa shape index (κ1) is 15.4. The Kier molecular flexibility index (Phi) is 4.20. The predicted octanol–water partition coefficient (Wildman–Crippen LogP) is 1.76. The molecular formula is C18H20N6O. The van der Waals surface area contributed by atoms with Gasteiger partial charge in [-0.05, 0) is 11.6 Å². The zero-order chi connectivity index (χ0) is 17.1. The van der Waals surface area contributed by atoms with E-state index < -0.39 is 0 Å². The number of hydrogen-bond acceptors (Lipinski definition) is 4. The summed E-state index contributed by atoms with van der Waals surface area (Å²) < 4.78 is 1.84. The van der Waals surface area contributed by atoms with Gasteiger partial charge in [-0.1, -0.05) is 30.3 Å². The van der Waals surface area contributed by atoms with E-state index in [1.807, 2.05) is 51.9 Å². The van der Waals surface area contributed by atoms with Gasteiger partial charge in [0.1, 0.15) is 5.82 Å². The Morgan fingerprint density at radius 2 is 1.80 bits per heavy atom. The van der Waals surface area contributed by atoms with Crippen LogP contribution in [-0.4, -0.2) is 51.7 Å². The first-order valence-corrected chi connectivity index (χ1v) is 8.42. The van der Waals surface area contributed by atoms with Gasteiger partial charge in [-0.25, -0.2) is 9.78 Å². The van der Waals surface area contributed by atoms with Crippen molar-refractivity contribution >= 4 is 17.5 Å². The summed E-state index contributed by atoms with van der Waals surface area (Å²) in [6, 6.07) is 13.8. The van der Waals surface area contributed by atoms with E-state index in [9.17, 15) is 4.79 Å². The van der Waals surface area contributed by atoms with Crippen LogP contribution in [0.5, 0.6) is 0 Å². The van der Waals surface area contributed by atoms with Gasteiger partial charge in [0.05, 0.1) is 6.20 Å². The van der Waals surface area contributed by atoms with Crippen LogP contribution in [-0.2, 0) is 6.54 Å². The second-order valence-corrected chi connectivity index (χ2v) is 6.02. The average molecular weight is 336 g/mol. The standard InChI is InChI=1S/C18H20N6O/c25-18(20-14-15-4-2-1-3-5-15)23-12-10-22(11-13-23)17-7-8-19-16-6-9-21-24(16)17/h1-9H,10-14H2,(H,20,25). The van der Waals surface area contributed by atoms with Crippen molar-refractivity contribution in [3.63, 3.8) is 0 Å². The Bertz CT molecular complexity index is 854. The molecule has 1 aliphatic rings. The highest BCUT2D eigenvalue weighted by atomic mass is 16.2. The first-order valence-electron chi connectivity index (χ1n) is 8.42. The van der Waals surface area contributed by atoms with Crippen molar-refractivity contribution in [3.8, 4) is 0 Å². The largest absolute Gasteiger partial charge is 0.353 e. The van der Waals surface area contributed by atoms with Crippen LogP contribution in [0.25, 0.3) is 5.65 Å². The fourth-order valence-corrected chi connectivity index (χ4v) is 3.08. The fraction of sp³-hybridized carbons (Fsp3) is 0.278. The molecule has 7 heteroatoms. The number of rotatable bonds is 3. The lowest BCUT2D eigenvalue weighted by atomic mass is 10.2. The van der Waals surface area contributed by atoms with E-state index >= 15 is 0 Å². The Balaban J connectivity index is 1.35. The number of hydrogen-bond donors (Lipinski definition) is 1. The van der Waals surface area contributed by atoms with Crippen LogP contribution in [0.4, 0.5) is 10.6 Å². The summed E-state index contributed by atoms with van der Waals surface area (Å²) in [6.07, 6.45) is 3.55. The number of amides is 2. The average Bonchev–Trinajstić information content (AvgIpc) is 3.16. The van der Waals surface area contributed by atoms with Gasteiger partial charge in [0.2, 0.25) is 0 Å². The lowest BCUT2D eigenvalue weighted by molar-refractivity contribution is 0.193. The third kappa shape index (κ3) is 3.26. The molecule has 0 unspecified atom stereocenters. The molecule has 0 saturated carbocycles. The van der Waals surface area contributed by atoms with Crippen LogP contribution in [0.1, 0.15) is 5.56 Å². The first-order chi connectivity index (χ1) is 12.3. The fourth-order valence-electron chi connectivity index (χ4n) is 3.08. The van der Waals surface area contributed by atoms with Gasteiger partial charge in [-0.15, -0.1) is 0 Å². The molecule has 1 aromatic carbocycles. The quantitative estimate of drug-likeness (QED) is 0.791. The number of carbonyl (C=O) groups is 1. The SMILES string of the molecule is O=C(NCc1ccccc1)N1CCN(c2ccnc3ccnn23)CC1. The summed E-state index contributed by atoms with van der Waals surface area (Å²) in [5.74, 6) is 1.01. The molecule has 0 radical (unpaired) electrons. The Morgan fingerprint density at radius 3 is 2.60 bits per heavy atom. The molecule has 0 bridgehead atoms. The molecule has 1 N–H and O–H groups in total. The number of nitrogens with zero attached hydrogens (tertiary/aromatic N) is 5. The summed E-state index contributed by atoms with van der Waals surface area (Å²) in [6.45, 7) is 3.48. The number of anilines is 1. The minimum atomic E-state index is -0.0116. The molecule has 1 fully saturated rings. The molecule has 1 aliphatic heterocycles.